The molecule has 15 nitrogen and oxygen atoms in total. The second-order valence-corrected chi connectivity index (χ2v) is 33.1. The maximum atomic E-state index is 13.3. The van der Waals surface area contributed by atoms with Crippen molar-refractivity contribution in [3.8, 4) is 0 Å². The zero-order valence-corrected chi connectivity index (χ0v) is 53.3. The van der Waals surface area contributed by atoms with Gasteiger partial charge in [0.05, 0.1) is 23.7 Å². The number of ether oxygens (including phenoxy) is 4. The Kier molecular flexibility index (Phi) is 18.5. The van der Waals surface area contributed by atoms with Crippen LogP contribution in [0.2, 0.25) is 0 Å². The van der Waals surface area contributed by atoms with E-state index in [1.165, 1.54) is 38.5 Å². The average Bonchev–Trinajstić information content (AvgIpc) is 2.10. The van der Waals surface area contributed by atoms with Crippen molar-refractivity contribution in [1.29, 1.82) is 0 Å². The first-order valence-corrected chi connectivity index (χ1v) is 34.9. The molecule has 484 valence electrons. The molecule has 0 heterocycles. The summed E-state index contributed by atoms with van der Waals surface area (Å²) >= 11 is 0. The van der Waals surface area contributed by atoms with Crippen molar-refractivity contribution in [2.45, 2.75) is 277 Å². The van der Waals surface area contributed by atoms with Crippen molar-refractivity contribution < 1.29 is 73.2 Å². The van der Waals surface area contributed by atoms with Gasteiger partial charge in [-0.3, -0.25) is 28.8 Å². The Balaban J connectivity index is 0.000000155. The molecule has 0 aromatic carbocycles. The number of carbonyl (C=O) groups is 6. The van der Waals surface area contributed by atoms with Crippen LogP contribution in [0.3, 0.4) is 0 Å². The highest BCUT2D eigenvalue weighted by Crippen LogP contribution is 2.71. The first-order chi connectivity index (χ1) is 40.9. The molecular weight excluding hydrogens is 1090 g/mol. The number of hydrogen-bond donors (Lipinski definition) is 5. The number of aliphatic hydroxyl groups is 3. The van der Waals surface area contributed by atoms with E-state index in [4.69, 9.17) is 24.1 Å². The number of esters is 1. The second kappa shape index (κ2) is 24.7. The summed E-state index contributed by atoms with van der Waals surface area (Å²) in [6.07, 6.45) is 25.2. The summed E-state index contributed by atoms with van der Waals surface area (Å²) in [5.41, 5.74) is -0.961. The van der Waals surface area contributed by atoms with Crippen LogP contribution in [0, 0.1) is 128 Å². The first kappa shape index (κ1) is 64.2. The van der Waals surface area contributed by atoms with Crippen molar-refractivity contribution in [2.75, 3.05) is 0 Å². The molecule has 14 rings (SSSR count). The maximum Gasteiger partial charge on any atom is 0.309 e. The summed E-state index contributed by atoms with van der Waals surface area (Å²) < 4.78 is 23.6. The predicted molar refractivity (Wildman–Crippen MR) is 320 cm³/mol. The molecule has 0 spiro atoms. The molecule has 0 amide bonds. The van der Waals surface area contributed by atoms with Gasteiger partial charge >= 0.3 is 17.9 Å². The van der Waals surface area contributed by atoms with Crippen LogP contribution in [0.4, 0.5) is 0 Å². The number of fused-ring (bicyclic) bond motifs is 12. The fraction of sp³-hybridized carbons (Fsp3) is 0.915. The lowest BCUT2D eigenvalue weighted by Crippen LogP contribution is -2.63. The summed E-state index contributed by atoms with van der Waals surface area (Å²) in [7, 11) is 0. The smallest absolute Gasteiger partial charge is 0.309 e. The minimum absolute atomic E-state index is 0.00956. The molecule has 0 saturated heterocycles. The predicted octanol–water partition coefficient (Wildman–Crippen LogP) is 12.2. The lowest BCUT2D eigenvalue weighted by atomic mass is 9.43. The molecule has 14 aliphatic carbocycles. The largest absolute Gasteiger partial charge is 0.481 e. The van der Waals surface area contributed by atoms with Crippen LogP contribution in [0.25, 0.3) is 0 Å². The van der Waals surface area contributed by atoms with Gasteiger partial charge in [0.1, 0.15) is 23.9 Å². The van der Waals surface area contributed by atoms with Gasteiger partial charge in [-0.05, 0) is 284 Å². The molecular formula is C71H110O15. The minimum atomic E-state index is -0.748. The third-order valence-corrected chi connectivity index (χ3v) is 29.6. The molecule has 15 heteroatoms. The zero-order valence-electron chi connectivity index (χ0n) is 53.3. The van der Waals surface area contributed by atoms with E-state index in [1.54, 1.807) is 0 Å². The Morgan fingerprint density at radius 2 is 1.13 bits per heavy atom. The molecule has 25 atom stereocenters. The topological polar surface area (TPSA) is 240 Å². The molecule has 5 N–H and O–H groups in total. The number of rotatable bonds is 17. The van der Waals surface area contributed by atoms with E-state index in [0.29, 0.717) is 61.8 Å². The van der Waals surface area contributed by atoms with Crippen LogP contribution in [0.5, 0.6) is 0 Å². The van der Waals surface area contributed by atoms with Gasteiger partial charge in [-0.15, -0.1) is 0 Å². The molecule has 0 aromatic rings. The van der Waals surface area contributed by atoms with Crippen molar-refractivity contribution in [3.05, 3.63) is 0 Å². The van der Waals surface area contributed by atoms with Crippen molar-refractivity contribution in [3.63, 3.8) is 0 Å². The first-order valence-electron chi connectivity index (χ1n) is 34.9. The van der Waals surface area contributed by atoms with Crippen LogP contribution in [0.1, 0.15) is 235 Å². The monoisotopic (exact) mass is 1200 g/mol. The van der Waals surface area contributed by atoms with E-state index in [-0.39, 0.29) is 123 Å². The average molecular weight is 1200 g/mol. The fourth-order valence-corrected chi connectivity index (χ4v) is 25.7. The van der Waals surface area contributed by atoms with E-state index in [1.807, 2.05) is 0 Å². The van der Waals surface area contributed by atoms with E-state index >= 15 is 0 Å². The van der Waals surface area contributed by atoms with E-state index < -0.39 is 18.0 Å². The van der Waals surface area contributed by atoms with Crippen LogP contribution in [-0.2, 0) is 47.7 Å². The van der Waals surface area contributed by atoms with Gasteiger partial charge in [-0.2, -0.15) is 0 Å². The molecule has 86 heavy (non-hydrogen) atoms. The van der Waals surface area contributed by atoms with Gasteiger partial charge in [0.2, 0.25) is 0 Å². The summed E-state index contributed by atoms with van der Waals surface area (Å²) in [5, 5.41) is 51.3. The number of aliphatic carboxylic acids is 2. The molecule has 14 aliphatic rings. The Bertz CT molecular complexity index is 2430. The maximum absolute atomic E-state index is 13.3. The highest BCUT2D eigenvalue weighted by molar-refractivity contribution is 5.75. The normalized spacial score (nSPS) is 50.2. The molecule has 0 radical (unpaired) electrons. The highest BCUT2D eigenvalue weighted by atomic mass is 16.6. The molecule has 14 fully saturated rings. The lowest BCUT2D eigenvalue weighted by Gasteiger charge is -2.64. The standard InChI is InChI=1S/C36H54O8.C24H40O5.C11H16O2/c1-5-36(18-23-7-8-24(36)14-23)44-32(40)11-6-22(2)27-9-10-28-33-29(17-31(43-21-39)35(27,28)4)34(3)13-12-26(41-19-37)15-25(34)16-30(33)42-20-38;1-13(4-7-21(28)29)16-5-6-17-22-18(12-20(27)24(16,17)3)23(2)9-8-15(25)10-14(23)11-19(22)26;12-10(13)11-4-7-1-8(5-11)3-9(2-7)6-11/h19-31,33H,5-18H2,1-4H3;13-20,22,25-27H,4-12H2,1-3H3,(H,28,29);7-9H,1-6H2,(H,12,13)/t22-,23-,24+,25+,26-,27-,28+,29+,30-,31+,33+,34+,35-,36+;13-,14+,15-,16-,17+,18+,19-,20+,22+,23+,24-;/m11./s1. The highest BCUT2D eigenvalue weighted by Gasteiger charge is 2.69. The quantitative estimate of drug-likeness (QED) is 0.0517. The van der Waals surface area contributed by atoms with Gasteiger partial charge in [0, 0.05) is 24.2 Å². The summed E-state index contributed by atoms with van der Waals surface area (Å²) in [6, 6.07) is 0. The van der Waals surface area contributed by atoms with Crippen LogP contribution in [-0.4, -0.2) is 105 Å². The van der Waals surface area contributed by atoms with Gasteiger partial charge in [-0.25, -0.2) is 0 Å². The van der Waals surface area contributed by atoms with Crippen LogP contribution in [0.15, 0.2) is 0 Å². The molecule has 0 unspecified atom stereocenters. The van der Waals surface area contributed by atoms with E-state index in [2.05, 4.69) is 48.5 Å². The molecule has 6 bridgehead atoms. The Labute approximate surface area is 513 Å². The Hall–Kier alpha value is -3.30. The zero-order chi connectivity index (χ0) is 61.5. The number of carboxylic acids is 2. The van der Waals surface area contributed by atoms with Gasteiger partial charge < -0.3 is 44.5 Å². The van der Waals surface area contributed by atoms with Crippen molar-refractivity contribution in [2.24, 2.45) is 128 Å². The summed E-state index contributed by atoms with van der Waals surface area (Å²) in [6.45, 7) is 17.6. The number of carboxylic acid groups (broad SMARTS) is 2. The summed E-state index contributed by atoms with van der Waals surface area (Å²) in [5.74, 6) is 5.41. The van der Waals surface area contributed by atoms with Crippen molar-refractivity contribution in [1.82, 2.24) is 0 Å². The molecule has 0 aliphatic heterocycles. The molecule has 14 saturated carbocycles. The van der Waals surface area contributed by atoms with E-state index in [0.717, 1.165) is 152 Å². The van der Waals surface area contributed by atoms with Crippen LogP contribution >= 0.6 is 0 Å². The third kappa shape index (κ3) is 11.1. The van der Waals surface area contributed by atoms with Crippen LogP contribution < -0.4 is 0 Å². The number of aliphatic hydroxyl groups excluding tert-OH is 3. The molecule has 0 aromatic heterocycles. The Morgan fingerprint density at radius 3 is 1.70 bits per heavy atom. The summed E-state index contributed by atoms with van der Waals surface area (Å²) in [4.78, 5) is 70.5. The third-order valence-electron chi connectivity index (χ3n) is 29.6. The van der Waals surface area contributed by atoms with Gasteiger partial charge in [0.15, 0.2) is 0 Å². The number of carbonyl (C=O) groups excluding carboxylic acids is 4. The number of hydrogen-bond acceptors (Lipinski definition) is 13. The van der Waals surface area contributed by atoms with Gasteiger partial charge in [-0.1, -0.05) is 48.5 Å². The van der Waals surface area contributed by atoms with E-state index in [9.17, 15) is 49.2 Å². The van der Waals surface area contributed by atoms with Crippen molar-refractivity contribution >= 4 is 37.3 Å². The van der Waals surface area contributed by atoms with Gasteiger partial charge in [0.25, 0.3) is 19.4 Å². The Morgan fingerprint density at radius 1 is 0.547 bits per heavy atom. The minimum Gasteiger partial charge on any atom is -0.481 e. The second-order valence-electron chi connectivity index (χ2n) is 33.1. The lowest BCUT2D eigenvalue weighted by molar-refractivity contribution is -0.218. The SMILES string of the molecule is CC[C@]1(OC(=O)CC[C@@H](C)[C@H]2CC[C@H]3[C@@H]4[C@H](OC=O)C[C@@H]5C[C@H](OC=O)CC[C@]5(C)[C@H]4C[C@H](OC=O)[C@]23C)C[C@@H]2CC[C@H]1C2.C[C@H](CCC(=O)O)[C@H]1CC[C@H]2[C@@H]3[C@H](O)C[C@@H]4C[C@H](O)CC[C@]4(C)[C@H]3C[C@H](O)[C@]12C.O=C(O)C12CC3CC(CC(C3)C1)C2. The fourth-order valence-electron chi connectivity index (χ4n) is 25.7.